The number of rotatable bonds is 6. The molecule has 0 aromatic rings. The van der Waals surface area contributed by atoms with Gasteiger partial charge in [-0.3, -0.25) is 4.79 Å². The summed E-state index contributed by atoms with van der Waals surface area (Å²) in [5, 5.41) is 8.46. The fraction of sp³-hybridized carbons (Fsp3) is 0.583. The van der Waals surface area contributed by atoms with E-state index in [1.165, 1.54) is 11.1 Å². The highest BCUT2D eigenvalue weighted by Gasteiger charge is 1.95. The monoisotopic (exact) mass is 196 g/mol. The Bertz CT molecular complexity index is 237. The molecule has 0 aromatic heterocycles. The molecule has 0 atom stereocenters. The van der Waals surface area contributed by atoms with Gasteiger partial charge in [0.05, 0.1) is 6.42 Å². The number of hydrogen-bond donors (Lipinski definition) is 1. The molecule has 0 spiro atoms. The lowest BCUT2D eigenvalue weighted by atomic mass is 10.1. The van der Waals surface area contributed by atoms with Crippen LogP contribution in [0.2, 0.25) is 0 Å². The van der Waals surface area contributed by atoms with Crippen molar-refractivity contribution in [2.24, 2.45) is 0 Å². The minimum absolute atomic E-state index is 0.147. The van der Waals surface area contributed by atoms with Crippen molar-refractivity contribution in [2.75, 3.05) is 0 Å². The van der Waals surface area contributed by atoms with Crippen LogP contribution in [0.1, 0.15) is 46.5 Å². The zero-order chi connectivity index (χ0) is 11.0. The molecular formula is C12H20O2. The first-order valence-electron chi connectivity index (χ1n) is 5.05. The third-order valence-electron chi connectivity index (χ3n) is 2.26. The Morgan fingerprint density at radius 3 is 2.29 bits per heavy atom. The van der Waals surface area contributed by atoms with Crippen LogP contribution in [0.5, 0.6) is 0 Å². The van der Waals surface area contributed by atoms with Crippen molar-refractivity contribution < 1.29 is 9.90 Å². The van der Waals surface area contributed by atoms with Gasteiger partial charge in [-0.15, -0.1) is 0 Å². The lowest BCUT2D eigenvalue weighted by molar-refractivity contribution is -0.136. The standard InChI is InChI=1S/C12H20O2/c1-4-10(2)6-5-7-11(3)8-9-12(13)14/h4,8H,5-7,9H2,1-3H3,(H,13,14)/b10-4+,11-8+. The first kappa shape index (κ1) is 12.9. The molecule has 0 fully saturated rings. The Hall–Kier alpha value is -1.05. The molecule has 0 aliphatic heterocycles. The van der Waals surface area contributed by atoms with E-state index < -0.39 is 5.97 Å². The fourth-order valence-corrected chi connectivity index (χ4v) is 1.15. The third-order valence-corrected chi connectivity index (χ3v) is 2.26. The lowest BCUT2D eigenvalue weighted by Crippen LogP contribution is -1.91. The largest absolute Gasteiger partial charge is 0.481 e. The SMILES string of the molecule is C/C=C(\C)CCC/C(C)=C/CC(=O)O. The van der Waals surface area contributed by atoms with Gasteiger partial charge in [-0.2, -0.15) is 0 Å². The third kappa shape index (κ3) is 7.59. The van der Waals surface area contributed by atoms with Crippen LogP contribution in [0.4, 0.5) is 0 Å². The van der Waals surface area contributed by atoms with Gasteiger partial charge in [0.15, 0.2) is 0 Å². The summed E-state index contributed by atoms with van der Waals surface area (Å²) < 4.78 is 0. The zero-order valence-corrected chi connectivity index (χ0v) is 9.34. The minimum Gasteiger partial charge on any atom is -0.481 e. The molecular weight excluding hydrogens is 176 g/mol. The summed E-state index contributed by atoms with van der Waals surface area (Å²) in [5.41, 5.74) is 2.58. The average molecular weight is 196 g/mol. The first-order chi connectivity index (χ1) is 6.56. The summed E-state index contributed by atoms with van der Waals surface area (Å²) in [6.07, 6.45) is 7.28. The van der Waals surface area contributed by atoms with Gasteiger partial charge in [0.1, 0.15) is 0 Å². The molecule has 2 heteroatoms. The Labute approximate surface area is 86.3 Å². The molecule has 14 heavy (non-hydrogen) atoms. The summed E-state index contributed by atoms with van der Waals surface area (Å²) in [5.74, 6) is -0.756. The number of carboxylic acid groups (broad SMARTS) is 1. The van der Waals surface area contributed by atoms with Crippen molar-refractivity contribution in [2.45, 2.75) is 46.5 Å². The molecule has 0 aliphatic rings. The van der Waals surface area contributed by atoms with Crippen LogP contribution in [0.3, 0.4) is 0 Å². The van der Waals surface area contributed by atoms with E-state index in [0.717, 1.165) is 19.3 Å². The summed E-state index contributed by atoms with van der Waals surface area (Å²) in [6, 6.07) is 0. The molecule has 0 bridgehead atoms. The predicted molar refractivity (Wildman–Crippen MR) is 59.3 cm³/mol. The van der Waals surface area contributed by atoms with E-state index in [4.69, 9.17) is 5.11 Å². The summed E-state index contributed by atoms with van der Waals surface area (Å²) >= 11 is 0. The molecule has 0 unspecified atom stereocenters. The van der Waals surface area contributed by atoms with Gasteiger partial charge in [0, 0.05) is 0 Å². The van der Waals surface area contributed by atoms with Crippen molar-refractivity contribution in [1.29, 1.82) is 0 Å². The molecule has 0 aliphatic carbocycles. The molecule has 1 N–H and O–H groups in total. The van der Waals surface area contributed by atoms with Crippen LogP contribution in [-0.2, 0) is 4.79 Å². The molecule has 0 amide bonds. The van der Waals surface area contributed by atoms with Crippen LogP contribution in [0, 0.1) is 0 Å². The maximum atomic E-state index is 10.3. The molecule has 2 nitrogen and oxygen atoms in total. The highest BCUT2D eigenvalue weighted by Crippen LogP contribution is 2.11. The number of carboxylic acids is 1. The van der Waals surface area contributed by atoms with Crippen LogP contribution >= 0.6 is 0 Å². The van der Waals surface area contributed by atoms with E-state index in [0.29, 0.717) is 0 Å². The Morgan fingerprint density at radius 1 is 1.21 bits per heavy atom. The maximum Gasteiger partial charge on any atom is 0.307 e. The number of hydrogen-bond acceptors (Lipinski definition) is 1. The summed E-state index contributed by atoms with van der Waals surface area (Å²) in [7, 11) is 0. The van der Waals surface area contributed by atoms with Gasteiger partial charge in [-0.05, 0) is 40.0 Å². The first-order valence-corrected chi connectivity index (χ1v) is 5.05. The fourth-order valence-electron chi connectivity index (χ4n) is 1.15. The Balaban J connectivity index is 3.68. The van der Waals surface area contributed by atoms with Gasteiger partial charge in [-0.1, -0.05) is 23.3 Å². The molecule has 0 aromatic carbocycles. The van der Waals surface area contributed by atoms with E-state index in [1.54, 1.807) is 6.08 Å². The van der Waals surface area contributed by atoms with Crippen molar-refractivity contribution >= 4 is 5.97 Å². The van der Waals surface area contributed by atoms with Crippen molar-refractivity contribution in [1.82, 2.24) is 0 Å². The molecule has 0 radical (unpaired) electrons. The lowest BCUT2D eigenvalue weighted by Gasteiger charge is -2.01. The molecule has 0 saturated heterocycles. The minimum atomic E-state index is -0.756. The molecule has 0 rings (SSSR count). The van der Waals surface area contributed by atoms with Crippen LogP contribution < -0.4 is 0 Å². The number of allylic oxidation sites excluding steroid dienone is 3. The van der Waals surface area contributed by atoms with Crippen LogP contribution in [-0.4, -0.2) is 11.1 Å². The van der Waals surface area contributed by atoms with E-state index in [1.807, 2.05) is 13.8 Å². The van der Waals surface area contributed by atoms with E-state index in [9.17, 15) is 4.79 Å². The highest BCUT2D eigenvalue weighted by atomic mass is 16.4. The second-order valence-electron chi connectivity index (χ2n) is 3.64. The number of aliphatic carboxylic acids is 1. The van der Waals surface area contributed by atoms with Gasteiger partial charge >= 0.3 is 5.97 Å². The number of carbonyl (C=O) groups is 1. The van der Waals surface area contributed by atoms with Gasteiger partial charge in [0.2, 0.25) is 0 Å². The normalized spacial score (nSPS) is 13.1. The Kier molecular flexibility index (Phi) is 6.81. The second kappa shape index (κ2) is 7.36. The predicted octanol–water partition coefficient (Wildman–Crippen LogP) is 3.54. The Morgan fingerprint density at radius 2 is 1.79 bits per heavy atom. The van der Waals surface area contributed by atoms with Crippen LogP contribution in [0.15, 0.2) is 23.3 Å². The van der Waals surface area contributed by atoms with Gasteiger partial charge in [-0.25, -0.2) is 0 Å². The van der Waals surface area contributed by atoms with Crippen molar-refractivity contribution in [3.63, 3.8) is 0 Å². The van der Waals surface area contributed by atoms with Crippen molar-refractivity contribution in [3.8, 4) is 0 Å². The average Bonchev–Trinajstić information content (AvgIpc) is 2.14. The molecule has 80 valence electrons. The summed E-state index contributed by atoms with van der Waals surface area (Å²) in [4.78, 5) is 10.3. The van der Waals surface area contributed by atoms with E-state index in [2.05, 4.69) is 13.0 Å². The topological polar surface area (TPSA) is 37.3 Å². The smallest absolute Gasteiger partial charge is 0.307 e. The van der Waals surface area contributed by atoms with E-state index >= 15 is 0 Å². The molecule has 0 saturated carbocycles. The second-order valence-corrected chi connectivity index (χ2v) is 3.64. The molecule has 0 heterocycles. The summed E-state index contributed by atoms with van der Waals surface area (Å²) in [6.45, 7) is 6.16. The van der Waals surface area contributed by atoms with Crippen molar-refractivity contribution in [3.05, 3.63) is 23.3 Å². The van der Waals surface area contributed by atoms with E-state index in [-0.39, 0.29) is 6.42 Å². The quantitative estimate of drug-likeness (QED) is 0.660. The zero-order valence-electron chi connectivity index (χ0n) is 9.34. The van der Waals surface area contributed by atoms with Gasteiger partial charge < -0.3 is 5.11 Å². The highest BCUT2D eigenvalue weighted by molar-refractivity contribution is 5.68. The van der Waals surface area contributed by atoms with Gasteiger partial charge in [0.25, 0.3) is 0 Å². The maximum absolute atomic E-state index is 10.3. The van der Waals surface area contributed by atoms with Crippen LogP contribution in [0.25, 0.3) is 0 Å².